The van der Waals surface area contributed by atoms with Crippen LogP contribution in [-0.2, 0) is 6.42 Å². The summed E-state index contributed by atoms with van der Waals surface area (Å²) in [6.45, 7) is 17.0. The first-order valence-corrected chi connectivity index (χ1v) is 8.07. The average Bonchev–Trinajstić information content (AvgIpc) is 2.32. The van der Waals surface area contributed by atoms with Crippen molar-refractivity contribution in [2.75, 3.05) is 6.54 Å². The van der Waals surface area contributed by atoms with Gasteiger partial charge in [0.25, 0.3) is 0 Å². The van der Waals surface area contributed by atoms with Crippen LogP contribution in [0.25, 0.3) is 0 Å². The van der Waals surface area contributed by atoms with E-state index < -0.39 is 0 Å². The van der Waals surface area contributed by atoms with Gasteiger partial charge in [0.05, 0.1) is 0 Å². The number of benzene rings is 1. The lowest BCUT2D eigenvalue weighted by atomic mass is 9.77. The van der Waals surface area contributed by atoms with Crippen LogP contribution in [0.2, 0.25) is 0 Å². The van der Waals surface area contributed by atoms with Crippen LogP contribution < -0.4 is 5.32 Å². The predicted octanol–water partition coefficient (Wildman–Crippen LogP) is 4.96. The van der Waals surface area contributed by atoms with Crippen molar-refractivity contribution in [3.8, 4) is 0 Å². The van der Waals surface area contributed by atoms with Gasteiger partial charge < -0.3 is 5.32 Å². The maximum atomic E-state index is 3.64. The standard InChI is InChI=1S/C19H33N/c1-8-9-19(7,13-20-14(2)3)12-18-16(5)10-15(4)11-17(18)6/h10-11,14,20H,8-9,12-13H2,1-7H3. The summed E-state index contributed by atoms with van der Waals surface area (Å²) in [7, 11) is 0. The molecular formula is C19H33N. The van der Waals surface area contributed by atoms with Crippen LogP contribution in [0.15, 0.2) is 12.1 Å². The largest absolute Gasteiger partial charge is 0.314 e. The maximum Gasteiger partial charge on any atom is 0.00107 e. The minimum absolute atomic E-state index is 0.351. The second-order valence-corrected chi connectivity index (χ2v) is 7.15. The Morgan fingerprint density at radius 2 is 1.65 bits per heavy atom. The molecule has 0 aromatic heterocycles. The van der Waals surface area contributed by atoms with Crippen molar-refractivity contribution < 1.29 is 0 Å². The predicted molar refractivity (Wildman–Crippen MR) is 90.5 cm³/mol. The molecule has 0 aliphatic heterocycles. The molecule has 0 saturated heterocycles. The van der Waals surface area contributed by atoms with E-state index in [2.05, 4.69) is 65.9 Å². The molecule has 1 heteroatoms. The molecule has 1 rings (SSSR count). The Bertz CT molecular complexity index is 410. The fraction of sp³-hybridized carbons (Fsp3) is 0.684. The summed E-state index contributed by atoms with van der Waals surface area (Å²) in [4.78, 5) is 0. The van der Waals surface area contributed by atoms with E-state index in [4.69, 9.17) is 0 Å². The van der Waals surface area contributed by atoms with Crippen LogP contribution >= 0.6 is 0 Å². The Morgan fingerprint density at radius 1 is 1.10 bits per heavy atom. The second kappa shape index (κ2) is 7.26. The van der Waals surface area contributed by atoms with Gasteiger partial charge in [-0.05, 0) is 55.7 Å². The summed E-state index contributed by atoms with van der Waals surface area (Å²) in [6.07, 6.45) is 3.71. The molecule has 1 atom stereocenters. The van der Waals surface area contributed by atoms with Crippen molar-refractivity contribution in [1.82, 2.24) is 5.32 Å². The normalized spacial score (nSPS) is 14.6. The Morgan fingerprint density at radius 3 is 2.10 bits per heavy atom. The third-order valence-electron chi connectivity index (χ3n) is 4.23. The van der Waals surface area contributed by atoms with E-state index in [1.807, 2.05) is 0 Å². The summed E-state index contributed by atoms with van der Waals surface area (Å²) >= 11 is 0. The quantitative estimate of drug-likeness (QED) is 0.741. The minimum Gasteiger partial charge on any atom is -0.314 e. The molecule has 0 amide bonds. The van der Waals surface area contributed by atoms with Gasteiger partial charge in [0.2, 0.25) is 0 Å². The molecule has 0 saturated carbocycles. The average molecular weight is 275 g/mol. The smallest absolute Gasteiger partial charge is 0.00107 e. The van der Waals surface area contributed by atoms with Crippen molar-refractivity contribution in [2.45, 2.75) is 73.8 Å². The van der Waals surface area contributed by atoms with Gasteiger partial charge in [-0.2, -0.15) is 0 Å². The van der Waals surface area contributed by atoms with E-state index >= 15 is 0 Å². The van der Waals surface area contributed by atoms with Crippen molar-refractivity contribution >= 4 is 0 Å². The molecular weight excluding hydrogens is 242 g/mol. The Hall–Kier alpha value is -0.820. The highest BCUT2D eigenvalue weighted by atomic mass is 14.9. The molecule has 0 bridgehead atoms. The molecule has 0 aliphatic carbocycles. The highest BCUT2D eigenvalue weighted by molar-refractivity contribution is 5.38. The second-order valence-electron chi connectivity index (χ2n) is 7.15. The van der Waals surface area contributed by atoms with Gasteiger partial charge in [0.1, 0.15) is 0 Å². The van der Waals surface area contributed by atoms with Crippen LogP contribution in [0, 0.1) is 26.2 Å². The first kappa shape index (κ1) is 17.2. The monoisotopic (exact) mass is 275 g/mol. The molecule has 0 aliphatic rings. The number of nitrogens with one attached hydrogen (secondary N) is 1. The number of aryl methyl sites for hydroxylation is 3. The molecule has 20 heavy (non-hydrogen) atoms. The molecule has 1 aromatic carbocycles. The van der Waals surface area contributed by atoms with Crippen LogP contribution in [0.4, 0.5) is 0 Å². The summed E-state index contributed by atoms with van der Waals surface area (Å²) in [5.74, 6) is 0. The molecule has 0 fully saturated rings. The van der Waals surface area contributed by atoms with E-state index in [0.717, 1.165) is 6.54 Å². The summed E-state index contributed by atoms with van der Waals surface area (Å²) < 4.78 is 0. The van der Waals surface area contributed by atoms with Crippen LogP contribution in [0.5, 0.6) is 0 Å². The van der Waals surface area contributed by atoms with Gasteiger partial charge >= 0.3 is 0 Å². The lowest BCUT2D eigenvalue weighted by Gasteiger charge is -2.32. The lowest BCUT2D eigenvalue weighted by molar-refractivity contribution is 0.266. The Labute approximate surface area is 126 Å². The maximum absolute atomic E-state index is 3.64. The summed E-state index contributed by atoms with van der Waals surface area (Å²) in [5.41, 5.74) is 6.19. The molecule has 1 nitrogen and oxygen atoms in total. The zero-order valence-corrected chi connectivity index (χ0v) is 14.6. The Balaban J connectivity index is 2.95. The summed E-state index contributed by atoms with van der Waals surface area (Å²) in [5, 5.41) is 3.64. The zero-order valence-electron chi connectivity index (χ0n) is 14.6. The lowest BCUT2D eigenvalue weighted by Crippen LogP contribution is -2.37. The van der Waals surface area contributed by atoms with Crippen molar-refractivity contribution in [1.29, 1.82) is 0 Å². The van der Waals surface area contributed by atoms with Crippen LogP contribution in [0.3, 0.4) is 0 Å². The fourth-order valence-corrected chi connectivity index (χ4v) is 3.21. The third kappa shape index (κ3) is 4.94. The van der Waals surface area contributed by atoms with Gasteiger partial charge in [0, 0.05) is 12.6 Å². The van der Waals surface area contributed by atoms with Gasteiger partial charge in [0.15, 0.2) is 0 Å². The van der Waals surface area contributed by atoms with Gasteiger partial charge in [-0.15, -0.1) is 0 Å². The van der Waals surface area contributed by atoms with E-state index in [0.29, 0.717) is 11.5 Å². The van der Waals surface area contributed by atoms with E-state index in [9.17, 15) is 0 Å². The first-order chi connectivity index (χ1) is 9.27. The highest BCUT2D eigenvalue weighted by Gasteiger charge is 2.25. The minimum atomic E-state index is 0.351. The first-order valence-electron chi connectivity index (χ1n) is 8.07. The van der Waals surface area contributed by atoms with E-state index in [1.54, 1.807) is 5.56 Å². The van der Waals surface area contributed by atoms with Crippen LogP contribution in [0.1, 0.15) is 62.8 Å². The number of hydrogen-bond donors (Lipinski definition) is 1. The van der Waals surface area contributed by atoms with Crippen molar-refractivity contribution in [2.24, 2.45) is 5.41 Å². The third-order valence-corrected chi connectivity index (χ3v) is 4.23. The highest BCUT2D eigenvalue weighted by Crippen LogP contribution is 2.31. The van der Waals surface area contributed by atoms with Crippen molar-refractivity contribution in [3.63, 3.8) is 0 Å². The number of hydrogen-bond acceptors (Lipinski definition) is 1. The molecule has 1 N–H and O–H groups in total. The summed E-state index contributed by atoms with van der Waals surface area (Å²) in [6, 6.07) is 5.21. The van der Waals surface area contributed by atoms with Gasteiger partial charge in [-0.1, -0.05) is 51.8 Å². The van der Waals surface area contributed by atoms with E-state index in [-0.39, 0.29) is 0 Å². The SMILES string of the molecule is CCCC(C)(CNC(C)C)Cc1c(C)cc(C)cc1C. The van der Waals surface area contributed by atoms with Gasteiger partial charge in [-0.3, -0.25) is 0 Å². The molecule has 0 spiro atoms. The number of rotatable bonds is 7. The molecule has 114 valence electrons. The van der Waals surface area contributed by atoms with Crippen molar-refractivity contribution in [3.05, 3.63) is 34.4 Å². The van der Waals surface area contributed by atoms with E-state index in [1.165, 1.54) is 36.0 Å². The zero-order chi connectivity index (χ0) is 15.3. The topological polar surface area (TPSA) is 12.0 Å². The van der Waals surface area contributed by atoms with Gasteiger partial charge in [-0.25, -0.2) is 0 Å². The molecule has 1 unspecified atom stereocenters. The molecule has 0 radical (unpaired) electrons. The molecule has 0 heterocycles. The molecule has 1 aromatic rings. The Kier molecular flexibility index (Phi) is 6.26. The van der Waals surface area contributed by atoms with Crippen LogP contribution in [-0.4, -0.2) is 12.6 Å². The fourth-order valence-electron chi connectivity index (χ4n) is 3.21.